The molecule has 0 aliphatic carbocycles. The highest BCUT2D eigenvalue weighted by atomic mass is 32.1. The van der Waals surface area contributed by atoms with Crippen molar-refractivity contribution in [1.29, 1.82) is 0 Å². The van der Waals surface area contributed by atoms with E-state index in [9.17, 15) is 4.79 Å². The molecule has 5 heteroatoms. The molecule has 2 rings (SSSR count). The fraction of sp³-hybridized carbons (Fsp3) is 0.529. The lowest BCUT2D eigenvalue weighted by Crippen LogP contribution is -2.24. The number of rotatable bonds is 3. The summed E-state index contributed by atoms with van der Waals surface area (Å²) < 4.78 is 8.48. The molecule has 1 amide bonds. The number of thiazole rings is 1. The predicted molar refractivity (Wildman–Crippen MR) is 91.2 cm³/mol. The van der Waals surface area contributed by atoms with Crippen LogP contribution in [0.3, 0.4) is 0 Å². The van der Waals surface area contributed by atoms with Gasteiger partial charge in [-0.25, -0.2) is 0 Å². The number of hydrogen-bond donors (Lipinski definition) is 0. The van der Waals surface area contributed by atoms with Gasteiger partial charge in [0.25, 0.3) is 5.91 Å². The van der Waals surface area contributed by atoms with Crippen molar-refractivity contribution in [3.63, 3.8) is 0 Å². The van der Waals surface area contributed by atoms with Crippen molar-refractivity contribution in [2.45, 2.75) is 41.2 Å². The van der Waals surface area contributed by atoms with E-state index >= 15 is 0 Å². The number of aromatic nitrogens is 1. The number of benzene rings is 1. The maximum absolute atomic E-state index is 12.3. The summed E-state index contributed by atoms with van der Waals surface area (Å²) in [5.41, 5.74) is 3.08. The van der Waals surface area contributed by atoms with E-state index in [1.165, 1.54) is 15.8 Å². The van der Waals surface area contributed by atoms with Crippen LogP contribution in [0, 0.1) is 19.3 Å². The van der Waals surface area contributed by atoms with Gasteiger partial charge in [0.15, 0.2) is 4.80 Å². The molecule has 0 unspecified atom stereocenters. The molecule has 22 heavy (non-hydrogen) atoms. The van der Waals surface area contributed by atoms with Crippen LogP contribution in [0.2, 0.25) is 0 Å². The van der Waals surface area contributed by atoms with Crippen molar-refractivity contribution in [3.05, 3.63) is 28.1 Å². The van der Waals surface area contributed by atoms with Crippen molar-refractivity contribution in [1.82, 2.24) is 4.57 Å². The molecule has 1 aromatic carbocycles. The van der Waals surface area contributed by atoms with E-state index in [-0.39, 0.29) is 5.91 Å². The van der Waals surface area contributed by atoms with Crippen molar-refractivity contribution in [2.75, 3.05) is 13.7 Å². The van der Waals surface area contributed by atoms with Crippen LogP contribution in [-0.2, 0) is 16.1 Å². The van der Waals surface area contributed by atoms with Gasteiger partial charge in [-0.15, -0.1) is 0 Å². The molecule has 0 aliphatic rings. The number of ether oxygens (including phenoxy) is 1. The molecular weight excluding hydrogens is 296 g/mol. The minimum atomic E-state index is -0.472. The molecule has 0 N–H and O–H groups in total. The molecule has 1 aromatic heterocycles. The van der Waals surface area contributed by atoms with E-state index in [4.69, 9.17) is 4.74 Å². The first-order chi connectivity index (χ1) is 10.2. The zero-order valence-corrected chi connectivity index (χ0v) is 15.0. The van der Waals surface area contributed by atoms with Crippen LogP contribution < -0.4 is 4.80 Å². The number of hydrogen-bond acceptors (Lipinski definition) is 3. The molecule has 4 nitrogen and oxygen atoms in total. The van der Waals surface area contributed by atoms with Crippen LogP contribution in [0.1, 0.15) is 31.9 Å². The van der Waals surface area contributed by atoms with Crippen LogP contribution in [0.4, 0.5) is 0 Å². The number of amides is 1. The molecule has 0 radical (unpaired) electrons. The van der Waals surface area contributed by atoms with E-state index in [0.717, 1.165) is 10.3 Å². The normalized spacial score (nSPS) is 13.1. The van der Waals surface area contributed by atoms with Gasteiger partial charge in [0, 0.05) is 19.1 Å². The highest BCUT2D eigenvalue weighted by molar-refractivity contribution is 7.16. The minimum Gasteiger partial charge on any atom is -0.383 e. The zero-order chi connectivity index (χ0) is 16.5. The summed E-state index contributed by atoms with van der Waals surface area (Å²) >= 11 is 1.57. The maximum Gasteiger partial charge on any atom is 0.253 e. The average Bonchev–Trinajstić information content (AvgIpc) is 2.73. The Kier molecular flexibility index (Phi) is 4.87. The number of carbonyl (C=O) groups is 1. The van der Waals surface area contributed by atoms with Gasteiger partial charge < -0.3 is 9.30 Å². The summed E-state index contributed by atoms with van der Waals surface area (Å²) in [4.78, 5) is 17.4. The molecule has 0 aliphatic heterocycles. The maximum atomic E-state index is 12.3. The van der Waals surface area contributed by atoms with Crippen molar-refractivity contribution < 1.29 is 9.53 Å². The quantitative estimate of drug-likeness (QED) is 0.869. The van der Waals surface area contributed by atoms with Crippen molar-refractivity contribution in [3.8, 4) is 0 Å². The predicted octanol–water partition coefficient (Wildman–Crippen LogP) is 3.44. The van der Waals surface area contributed by atoms with Gasteiger partial charge in [-0.3, -0.25) is 4.79 Å². The Balaban J connectivity index is 2.70. The number of aryl methyl sites for hydroxylation is 2. The highest BCUT2D eigenvalue weighted by Gasteiger charge is 2.21. The smallest absolute Gasteiger partial charge is 0.253 e. The fourth-order valence-corrected chi connectivity index (χ4v) is 3.36. The van der Waals surface area contributed by atoms with Crippen molar-refractivity contribution >= 4 is 27.5 Å². The van der Waals surface area contributed by atoms with Crippen LogP contribution in [0.5, 0.6) is 0 Å². The zero-order valence-electron chi connectivity index (χ0n) is 14.2. The van der Waals surface area contributed by atoms with Crippen LogP contribution >= 0.6 is 11.3 Å². The molecule has 0 saturated heterocycles. The first-order valence-corrected chi connectivity index (χ1v) is 8.24. The van der Waals surface area contributed by atoms with E-state index in [1.807, 2.05) is 20.8 Å². The number of nitrogens with zero attached hydrogens (tertiary/aromatic N) is 2. The van der Waals surface area contributed by atoms with Gasteiger partial charge >= 0.3 is 0 Å². The first kappa shape index (κ1) is 16.9. The summed E-state index contributed by atoms with van der Waals surface area (Å²) in [5.74, 6) is -0.0976. The van der Waals surface area contributed by atoms with Gasteiger partial charge in [-0.05, 0) is 31.0 Å². The second-order valence-corrected chi connectivity index (χ2v) is 7.60. The van der Waals surface area contributed by atoms with E-state index in [2.05, 4.69) is 35.5 Å². The molecule has 0 spiro atoms. The molecule has 1 heterocycles. The lowest BCUT2D eigenvalue weighted by molar-refractivity contribution is -0.125. The third-order valence-electron chi connectivity index (χ3n) is 3.47. The Morgan fingerprint density at radius 2 is 2.00 bits per heavy atom. The van der Waals surface area contributed by atoms with E-state index < -0.39 is 5.41 Å². The van der Waals surface area contributed by atoms with Crippen LogP contribution in [0.15, 0.2) is 17.1 Å². The Morgan fingerprint density at radius 1 is 1.32 bits per heavy atom. The van der Waals surface area contributed by atoms with Gasteiger partial charge in [0.05, 0.1) is 16.8 Å². The van der Waals surface area contributed by atoms with Crippen LogP contribution in [0.25, 0.3) is 10.2 Å². The Bertz CT molecular complexity index is 763. The van der Waals surface area contributed by atoms with Gasteiger partial charge in [0.2, 0.25) is 0 Å². The standard InChI is InChI=1S/C17H24N2O2S/c1-11-9-12(2)14-13(10-11)19(7-8-21-6)16(22-14)18-15(20)17(3,4)5/h9-10H,7-8H2,1-6H3. The molecule has 0 saturated carbocycles. The lowest BCUT2D eigenvalue weighted by atomic mass is 9.96. The lowest BCUT2D eigenvalue weighted by Gasteiger charge is -2.12. The third-order valence-corrected chi connectivity index (χ3v) is 4.70. The van der Waals surface area contributed by atoms with E-state index in [0.29, 0.717) is 13.2 Å². The monoisotopic (exact) mass is 320 g/mol. The highest BCUT2D eigenvalue weighted by Crippen LogP contribution is 2.24. The Hall–Kier alpha value is -1.46. The molecule has 2 aromatic rings. The third kappa shape index (κ3) is 3.47. The Morgan fingerprint density at radius 3 is 2.59 bits per heavy atom. The number of carbonyl (C=O) groups excluding carboxylic acids is 1. The SMILES string of the molecule is COCCn1c(=NC(=O)C(C)(C)C)sc2c(C)cc(C)cc21. The molecule has 0 fully saturated rings. The molecule has 0 atom stereocenters. The summed E-state index contributed by atoms with van der Waals surface area (Å²) in [6, 6.07) is 4.31. The topological polar surface area (TPSA) is 43.6 Å². The second-order valence-electron chi connectivity index (χ2n) is 6.63. The minimum absolute atomic E-state index is 0.0976. The summed E-state index contributed by atoms with van der Waals surface area (Å²) in [7, 11) is 1.68. The molecular formula is C17H24N2O2S. The number of methoxy groups -OCH3 is 1. The largest absolute Gasteiger partial charge is 0.383 e. The van der Waals surface area contributed by atoms with Gasteiger partial charge in [0.1, 0.15) is 0 Å². The van der Waals surface area contributed by atoms with Crippen molar-refractivity contribution in [2.24, 2.45) is 10.4 Å². The number of fused-ring (bicyclic) bond motifs is 1. The Labute approximate surface area is 135 Å². The average molecular weight is 320 g/mol. The summed E-state index contributed by atoms with van der Waals surface area (Å²) in [6.07, 6.45) is 0. The van der Waals surface area contributed by atoms with E-state index in [1.54, 1.807) is 18.4 Å². The van der Waals surface area contributed by atoms with Gasteiger partial charge in [-0.1, -0.05) is 38.2 Å². The molecule has 0 bridgehead atoms. The summed E-state index contributed by atoms with van der Waals surface area (Å²) in [6.45, 7) is 11.1. The molecule has 120 valence electrons. The first-order valence-electron chi connectivity index (χ1n) is 7.42. The summed E-state index contributed by atoms with van der Waals surface area (Å²) in [5, 5.41) is 0. The fourth-order valence-electron chi connectivity index (χ4n) is 2.25. The second kappa shape index (κ2) is 6.34. The van der Waals surface area contributed by atoms with Crippen LogP contribution in [-0.4, -0.2) is 24.2 Å². The van der Waals surface area contributed by atoms with Gasteiger partial charge in [-0.2, -0.15) is 4.99 Å².